The summed E-state index contributed by atoms with van der Waals surface area (Å²) < 4.78 is 5.05. The van der Waals surface area contributed by atoms with Crippen LogP contribution in [0.3, 0.4) is 0 Å². The molecular weight excluding hydrogens is 284 g/mol. The predicted molar refractivity (Wildman–Crippen MR) is 83.5 cm³/mol. The standard InChI is InChI=1S/C17H24O5/c1-3-4-5-6-14(18)9-13-10-15(19)16(22-2)11-12(13)7-8-17(20)21/h10-11,19H,3-9H2,1-2H3,(H,20,21). The van der Waals surface area contributed by atoms with Gasteiger partial charge >= 0.3 is 5.97 Å². The van der Waals surface area contributed by atoms with Gasteiger partial charge in [-0.2, -0.15) is 0 Å². The first-order chi connectivity index (χ1) is 10.5. The Hall–Kier alpha value is -2.04. The van der Waals surface area contributed by atoms with E-state index in [-0.39, 0.29) is 24.4 Å². The molecule has 1 rings (SSSR count). The van der Waals surface area contributed by atoms with E-state index in [0.29, 0.717) is 24.2 Å². The van der Waals surface area contributed by atoms with Gasteiger partial charge in [-0.05, 0) is 36.1 Å². The number of aliphatic carboxylic acids is 1. The van der Waals surface area contributed by atoms with E-state index in [1.165, 1.54) is 13.2 Å². The molecular formula is C17H24O5. The number of unbranched alkanes of at least 4 members (excludes halogenated alkanes) is 2. The number of aromatic hydroxyl groups is 1. The van der Waals surface area contributed by atoms with Crippen LogP contribution in [0, 0.1) is 0 Å². The van der Waals surface area contributed by atoms with Gasteiger partial charge in [0.25, 0.3) is 0 Å². The third-order valence-electron chi connectivity index (χ3n) is 3.56. The van der Waals surface area contributed by atoms with Gasteiger partial charge in [0.2, 0.25) is 0 Å². The Kier molecular flexibility index (Phi) is 7.43. The minimum absolute atomic E-state index is 0.0229. The number of carboxylic acid groups (broad SMARTS) is 1. The molecule has 0 saturated heterocycles. The smallest absolute Gasteiger partial charge is 0.303 e. The van der Waals surface area contributed by atoms with E-state index in [0.717, 1.165) is 24.8 Å². The third kappa shape index (κ3) is 5.76. The van der Waals surface area contributed by atoms with Crippen LogP contribution in [-0.4, -0.2) is 29.1 Å². The Bertz CT molecular complexity index is 522. The normalized spacial score (nSPS) is 10.5. The van der Waals surface area contributed by atoms with Crippen molar-refractivity contribution in [2.24, 2.45) is 0 Å². The molecule has 2 N–H and O–H groups in total. The average Bonchev–Trinajstić information content (AvgIpc) is 2.46. The van der Waals surface area contributed by atoms with E-state index in [9.17, 15) is 14.7 Å². The molecule has 22 heavy (non-hydrogen) atoms. The fraction of sp³-hybridized carbons (Fsp3) is 0.529. The lowest BCUT2D eigenvalue weighted by Gasteiger charge is -2.12. The Balaban J connectivity index is 2.87. The number of rotatable bonds is 10. The molecule has 0 bridgehead atoms. The molecule has 5 nitrogen and oxygen atoms in total. The van der Waals surface area contributed by atoms with Crippen molar-refractivity contribution < 1.29 is 24.5 Å². The van der Waals surface area contributed by atoms with Gasteiger partial charge in [-0.3, -0.25) is 9.59 Å². The molecule has 0 aliphatic heterocycles. The van der Waals surface area contributed by atoms with Crippen molar-refractivity contribution in [3.05, 3.63) is 23.3 Å². The van der Waals surface area contributed by atoms with Crippen molar-refractivity contribution in [3.8, 4) is 11.5 Å². The highest BCUT2D eigenvalue weighted by atomic mass is 16.5. The number of phenolic OH excluding ortho intramolecular Hbond substituents is 1. The van der Waals surface area contributed by atoms with E-state index in [2.05, 4.69) is 6.92 Å². The maximum Gasteiger partial charge on any atom is 0.303 e. The number of carboxylic acids is 1. The summed E-state index contributed by atoms with van der Waals surface area (Å²) in [6.45, 7) is 2.08. The molecule has 122 valence electrons. The number of phenols is 1. The molecule has 5 heteroatoms. The van der Waals surface area contributed by atoms with Gasteiger partial charge in [0.15, 0.2) is 11.5 Å². The first-order valence-electron chi connectivity index (χ1n) is 7.60. The maximum atomic E-state index is 12.0. The number of ether oxygens (including phenoxy) is 1. The quantitative estimate of drug-likeness (QED) is 0.649. The van der Waals surface area contributed by atoms with Crippen LogP contribution in [0.1, 0.15) is 50.2 Å². The zero-order valence-electron chi connectivity index (χ0n) is 13.2. The van der Waals surface area contributed by atoms with Crippen LogP contribution in [0.2, 0.25) is 0 Å². The first-order valence-corrected chi connectivity index (χ1v) is 7.60. The van der Waals surface area contributed by atoms with Gasteiger partial charge in [-0.15, -0.1) is 0 Å². The lowest BCUT2D eigenvalue weighted by molar-refractivity contribution is -0.137. The largest absolute Gasteiger partial charge is 0.504 e. The van der Waals surface area contributed by atoms with Crippen LogP contribution < -0.4 is 4.74 Å². The monoisotopic (exact) mass is 308 g/mol. The molecule has 0 unspecified atom stereocenters. The number of hydrogen-bond donors (Lipinski definition) is 2. The second kappa shape index (κ2) is 9.07. The number of carbonyl (C=O) groups excluding carboxylic acids is 1. The molecule has 0 spiro atoms. The van der Waals surface area contributed by atoms with Crippen LogP contribution in [-0.2, 0) is 22.4 Å². The van der Waals surface area contributed by atoms with Crippen molar-refractivity contribution in [3.63, 3.8) is 0 Å². The maximum absolute atomic E-state index is 12.0. The molecule has 0 aliphatic carbocycles. The molecule has 0 radical (unpaired) electrons. The summed E-state index contributed by atoms with van der Waals surface area (Å²) in [5.74, 6) is -0.526. The molecule has 0 atom stereocenters. The molecule has 0 saturated carbocycles. The van der Waals surface area contributed by atoms with Crippen LogP contribution in [0.5, 0.6) is 11.5 Å². The molecule has 1 aromatic rings. The molecule has 0 heterocycles. The molecule has 0 amide bonds. The minimum Gasteiger partial charge on any atom is -0.504 e. The number of benzene rings is 1. The zero-order valence-corrected chi connectivity index (χ0v) is 13.2. The van der Waals surface area contributed by atoms with Crippen molar-refractivity contribution in [2.75, 3.05) is 7.11 Å². The highest BCUT2D eigenvalue weighted by Crippen LogP contribution is 2.30. The SMILES string of the molecule is CCCCCC(=O)Cc1cc(O)c(OC)cc1CCC(=O)O. The van der Waals surface area contributed by atoms with Gasteiger partial charge in [0.05, 0.1) is 7.11 Å². The fourth-order valence-corrected chi connectivity index (χ4v) is 2.33. The second-order valence-electron chi connectivity index (χ2n) is 5.36. The van der Waals surface area contributed by atoms with Crippen LogP contribution in [0.4, 0.5) is 0 Å². The number of hydrogen-bond acceptors (Lipinski definition) is 4. The van der Waals surface area contributed by atoms with Crippen molar-refractivity contribution in [2.45, 2.75) is 51.9 Å². The summed E-state index contributed by atoms with van der Waals surface area (Å²) in [4.78, 5) is 22.8. The van der Waals surface area contributed by atoms with E-state index >= 15 is 0 Å². The first kappa shape index (κ1) is 18.0. The molecule has 0 aliphatic rings. The summed E-state index contributed by atoms with van der Waals surface area (Å²) in [6.07, 6.45) is 3.96. The lowest BCUT2D eigenvalue weighted by atomic mass is 9.96. The van der Waals surface area contributed by atoms with E-state index < -0.39 is 5.97 Å². The number of Topliss-reactive ketones (excluding diaryl/α,β-unsaturated/α-hetero) is 1. The summed E-state index contributed by atoms with van der Waals surface area (Å²) in [5.41, 5.74) is 1.42. The van der Waals surface area contributed by atoms with Gasteiger partial charge in [-0.1, -0.05) is 19.8 Å². The zero-order chi connectivity index (χ0) is 16.5. The summed E-state index contributed by atoms with van der Waals surface area (Å²) in [5, 5.41) is 18.7. The Morgan fingerprint density at radius 2 is 1.86 bits per heavy atom. The van der Waals surface area contributed by atoms with E-state index in [1.54, 1.807) is 6.07 Å². The second-order valence-corrected chi connectivity index (χ2v) is 5.36. The van der Waals surface area contributed by atoms with E-state index in [1.807, 2.05) is 0 Å². The van der Waals surface area contributed by atoms with Gasteiger partial charge in [0.1, 0.15) is 5.78 Å². The van der Waals surface area contributed by atoms with Crippen molar-refractivity contribution >= 4 is 11.8 Å². The topological polar surface area (TPSA) is 83.8 Å². The van der Waals surface area contributed by atoms with Gasteiger partial charge in [0, 0.05) is 19.3 Å². The third-order valence-corrected chi connectivity index (χ3v) is 3.56. The number of carbonyl (C=O) groups is 2. The van der Waals surface area contributed by atoms with Crippen LogP contribution in [0.25, 0.3) is 0 Å². The van der Waals surface area contributed by atoms with Crippen molar-refractivity contribution in [1.82, 2.24) is 0 Å². The summed E-state index contributed by atoms with van der Waals surface area (Å²) in [7, 11) is 1.44. The number of methoxy groups -OCH3 is 1. The van der Waals surface area contributed by atoms with Gasteiger partial charge < -0.3 is 14.9 Å². The summed E-state index contributed by atoms with van der Waals surface area (Å²) >= 11 is 0. The van der Waals surface area contributed by atoms with Crippen molar-refractivity contribution in [1.29, 1.82) is 0 Å². The minimum atomic E-state index is -0.896. The Labute approximate surface area is 130 Å². The number of aryl methyl sites for hydroxylation is 1. The summed E-state index contributed by atoms with van der Waals surface area (Å²) in [6, 6.07) is 3.13. The molecule has 0 aromatic heterocycles. The molecule has 1 aromatic carbocycles. The molecule has 0 fully saturated rings. The van der Waals surface area contributed by atoms with Crippen LogP contribution in [0.15, 0.2) is 12.1 Å². The Morgan fingerprint density at radius 3 is 2.45 bits per heavy atom. The van der Waals surface area contributed by atoms with E-state index in [4.69, 9.17) is 9.84 Å². The Morgan fingerprint density at radius 1 is 1.14 bits per heavy atom. The average molecular weight is 308 g/mol. The van der Waals surface area contributed by atoms with Gasteiger partial charge in [-0.25, -0.2) is 0 Å². The highest BCUT2D eigenvalue weighted by Gasteiger charge is 2.14. The highest BCUT2D eigenvalue weighted by molar-refractivity contribution is 5.81. The predicted octanol–water partition coefficient (Wildman–Crippen LogP) is 3.11. The number of ketones is 1. The van der Waals surface area contributed by atoms with Crippen LogP contribution >= 0.6 is 0 Å². The lowest BCUT2D eigenvalue weighted by Crippen LogP contribution is -2.07. The fourth-order valence-electron chi connectivity index (χ4n) is 2.33.